The zero-order valence-corrected chi connectivity index (χ0v) is 20.5. The van der Waals surface area contributed by atoms with Gasteiger partial charge in [-0.15, -0.1) is 0 Å². The first-order chi connectivity index (χ1) is 16.5. The second-order valence-corrected chi connectivity index (χ2v) is 9.54. The van der Waals surface area contributed by atoms with E-state index < -0.39 is 48.3 Å². The van der Waals surface area contributed by atoms with E-state index in [-0.39, 0.29) is 24.3 Å². The number of carboxylic acid groups (broad SMARTS) is 1. The summed E-state index contributed by atoms with van der Waals surface area (Å²) in [6.45, 7) is 8.89. The number of nitrogens with one attached hydrogen (secondary N) is 2. The molecular formula is C23H33F5N2O6. The quantitative estimate of drug-likeness (QED) is 0.384. The molecule has 206 valence electrons. The Balaban J connectivity index is 0.000000809. The van der Waals surface area contributed by atoms with Crippen molar-refractivity contribution < 1.29 is 51.2 Å². The first-order valence-electron chi connectivity index (χ1n) is 11.1. The van der Waals surface area contributed by atoms with Crippen LogP contribution in [0, 0.1) is 17.0 Å². The van der Waals surface area contributed by atoms with Gasteiger partial charge in [-0.2, -0.15) is 13.2 Å². The molecule has 0 unspecified atom stereocenters. The molecule has 0 aromatic heterocycles. The van der Waals surface area contributed by atoms with Gasteiger partial charge in [0.05, 0.1) is 31.4 Å². The van der Waals surface area contributed by atoms with Gasteiger partial charge in [0.15, 0.2) is 6.29 Å². The summed E-state index contributed by atoms with van der Waals surface area (Å²) in [6.07, 6.45) is -5.52. The van der Waals surface area contributed by atoms with E-state index in [2.05, 4.69) is 31.4 Å². The van der Waals surface area contributed by atoms with E-state index in [4.69, 9.17) is 19.4 Å². The smallest absolute Gasteiger partial charge is 0.475 e. The fourth-order valence-electron chi connectivity index (χ4n) is 3.18. The first kappa shape index (κ1) is 31.7. The molecule has 0 bridgehead atoms. The number of benzene rings is 1. The number of halogens is 5. The van der Waals surface area contributed by atoms with Crippen LogP contribution >= 0.6 is 0 Å². The Labute approximate surface area is 206 Å². The molecule has 1 heterocycles. The minimum Gasteiger partial charge on any atom is -0.475 e. The molecule has 4 atom stereocenters. The van der Waals surface area contributed by atoms with Gasteiger partial charge in [-0.3, -0.25) is 4.79 Å². The van der Waals surface area contributed by atoms with Crippen LogP contribution in [0.25, 0.3) is 0 Å². The van der Waals surface area contributed by atoms with Gasteiger partial charge in [-0.05, 0) is 36.0 Å². The summed E-state index contributed by atoms with van der Waals surface area (Å²) in [5, 5.41) is 23.7. The lowest BCUT2D eigenvalue weighted by molar-refractivity contribution is -0.192. The number of aliphatic carboxylic acids is 1. The number of alkyl halides is 3. The average Bonchev–Trinajstić information content (AvgIpc) is 2.71. The molecule has 4 N–H and O–H groups in total. The van der Waals surface area contributed by atoms with Crippen molar-refractivity contribution in [1.29, 1.82) is 0 Å². The van der Waals surface area contributed by atoms with Gasteiger partial charge in [-0.25, -0.2) is 13.6 Å². The van der Waals surface area contributed by atoms with Crippen molar-refractivity contribution in [1.82, 2.24) is 10.6 Å². The van der Waals surface area contributed by atoms with Gasteiger partial charge in [0.2, 0.25) is 5.91 Å². The highest BCUT2D eigenvalue weighted by Crippen LogP contribution is 2.19. The molecule has 0 spiro atoms. The molecule has 2 rings (SSSR count). The second kappa shape index (κ2) is 13.8. The molecule has 1 aromatic carbocycles. The number of hydrogen-bond acceptors (Lipinski definition) is 6. The fraction of sp³-hybridized carbons (Fsp3) is 0.652. The minimum absolute atomic E-state index is 0.0825. The predicted octanol–water partition coefficient (Wildman–Crippen LogP) is 2.77. The number of carbonyl (C=O) groups is 2. The monoisotopic (exact) mass is 528 g/mol. The summed E-state index contributed by atoms with van der Waals surface area (Å²) < 4.78 is 70.1. The van der Waals surface area contributed by atoms with Crippen LogP contribution in [0.5, 0.6) is 0 Å². The Hall–Kier alpha value is -2.35. The highest BCUT2D eigenvalue weighted by molar-refractivity contribution is 5.73. The highest BCUT2D eigenvalue weighted by Gasteiger charge is 2.38. The summed E-state index contributed by atoms with van der Waals surface area (Å²) in [4.78, 5) is 20.5. The number of hydrogen-bond donors (Lipinski definition) is 4. The molecule has 1 amide bonds. The maximum Gasteiger partial charge on any atom is 0.490 e. The van der Waals surface area contributed by atoms with Crippen LogP contribution in [-0.4, -0.2) is 72.5 Å². The predicted molar refractivity (Wildman–Crippen MR) is 119 cm³/mol. The highest BCUT2D eigenvalue weighted by atomic mass is 19.4. The fourth-order valence-corrected chi connectivity index (χ4v) is 3.18. The van der Waals surface area contributed by atoms with Gasteiger partial charge in [0.25, 0.3) is 0 Å². The normalized spacial score (nSPS) is 20.1. The number of amides is 1. The van der Waals surface area contributed by atoms with Crippen molar-refractivity contribution in [2.45, 2.75) is 71.2 Å². The van der Waals surface area contributed by atoms with Crippen molar-refractivity contribution in [3.63, 3.8) is 0 Å². The Morgan fingerprint density at radius 1 is 1.19 bits per heavy atom. The number of carbonyl (C=O) groups excluding carboxylic acids is 1. The summed E-state index contributed by atoms with van der Waals surface area (Å²) in [5.41, 5.74) is 0.517. The van der Waals surface area contributed by atoms with Crippen molar-refractivity contribution in [2.75, 3.05) is 19.8 Å². The van der Waals surface area contributed by atoms with Crippen LogP contribution in [0.1, 0.15) is 39.7 Å². The number of morpholine rings is 1. The van der Waals surface area contributed by atoms with Gasteiger partial charge in [0.1, 0.15) is 11.6 Å². The molecule has 1 aliphatic rings. The van der Waals surface area contributed by atoms with Crippen LogP contribution in [0.4, 0.5) is 22.0 Å². The lowest BCUT2D eigenvalue weighted by atomic mass is 9.93. The van der Waals surface area contributed by atoms with Crippen LogP contribution in [0.2, 0.25) is 0 Å². The van der Waals surface area contributed by atoms with Crippen LogP contribution in [-0.2, 0) is 25.5 Å². The third-order valence-electron chi connectivity index (χ3n) is 5.00. The van der Waals surface area contributed by atoms with E-state index in [0.717, 1.165) is 12.5 Å². The van der Waals surface area contributed by atoms with Crippen LogP contribution in [0.3, 0.4) is 0 Å². The van der Waals surface area contributed by atoms with Gasteiger partial charge in [-0.1, -0.05) is 20.8 Å². The molecule has 1 aromatic rings. The van der Waals surface area contributed by atoms with E-state index in [0.29, 0.717) is 18.7 Å². The maximum atomic E-state index is 13.5. The van der Waals surface area contributed by atoms with Crippen LogP contribution in [0.15, 0.2) is 18.2 Å². The molecule has 13 heteroatoms. The van der Waals surface area contributed by atoms with E-state index in [1.54, 1.807) is 0 Å². The lowest BCUT2D eigenvalue weighted by Crippen LogP contribution is -2.59. The molecule has 8 nitrogen and oxygen atoms in total. The molecule has 1 saturated heterocycles. The number of carboxylic acids is 1. The van der Waals surface area contributed by atoms with Crippen LogP contribution < -0.4 is 10.6 Å². The molecule has 0 aliphatic carbocycles. The number of rotatable bonds is 8. The third-order valence-corrected chi connectivity index (χ3v) is 5.00. The zero-order valence-electron chi connectivity index (χ0n) is 20.5. The van der Waals surface area contributed by atoms with Gasteiger partial charge >= 0.3 is 12.1 Å². The Bertz CT molecular complexity index is 834. The molecule has 1 aliphatic heterocycles. The van der Waals surface area contributed by atoms with E-state index in [1.165, 1.54) is 19.1 Å². The van der Waals surface area contributed by atoms with Crippen molar-refractivity contribution in [2.24, 2.45) is 5.41 Å². The standard InChI is InChI=1S/C21H32F2N2O4.C2HF3O2/c1-13(26)25-17(9-14-7-15(22)10-16(23)8-14)20(27)18-12-29-19(11-24-18)28-6-5-21(2,3)4;3-2(4,5)1(6)7/h7-8,10,17-20,24,27H,5-6,9,11-12H2,1-4H3,(H,25,26);(H,6,7)/t17-,18+,19+,20-;/m0./s1. The van der Waals surface area contributed by atoms with E-state index in [1.807, 2.05) is 0 Å². The summed E-state index contributed by atoms with van der Waals surface area (Å²) in [5.74, 6) is -4.51. The Kier molecular flexibility index (Phi) is 12.2. The maximum absolute atomic E-state index is 13.5. The van der Waals surface area contributed by atoms with Crippen molar-refractivity contribution in [3.8, 4) is 0 Å². The summed E-state index contributed by atoms with van der Waals surface area (Å²) in [7, 11) is 0. The zero-order chi connectivity index (χ0) is 27.7. The SMILES string of the molecule is CC(=O)N[C@@H](Cc1cc(F)cc(F)c1)[C@H](O)[C@H]1CO[C@@H](OCCC(C)(C)C)CN1.O=C(O)C(F)(F)F. The first-order valence-corrected chi connectivity index (χ1v) is 11.1. The molecular weight excluding hydrogens is 495 g/mol. The Morgan fingerprint density at radius 3 is 2.17 bits per heavy atom. The van der Waals surface area contributed by atoms with E-state index in [9.17, 15) is 31.9 Å². The third kappa shape index (κ3) is 12.6. The second-order valence-electron chi connectivity index (χ2n) is 9.54. The van der Waals surface area contributed by atoms with Gasteiger partial charge < -0.3 is 30.3 Å². The molecule has 0 radical (unpaired) electrons. The number of aliphatic hydroxyl groups excluding tert-OH is 1. The molecule has 0 saturated carbocycles. The lowest BCUT2D eigenvalue weighted by Gasteiger charge is -2.36. The largest absolute Gasteiger partial charge is 0.490 e. The summed E-state index contributed by atoms with van der Waals surface area (Å²) in [6, 6.07) is 1.98. The Morgan fingerprint density at radius 2 is 1.75 bits per heavy atom. The van der Waals surface area contributed by atoms with Crippen molar-refractivity contribution in [3.05, 3.63) is 35.4 Å². The molecule has 36 heavy (non-hydrogen) atoms. The van der Waals surface area contributed by atoms with Gasteiger partial charge in [0, 0.05) is 19.5 Å². The number of ether oxygens (including phenoxy) is 2. The number of aliphatic hydroxyl groups is 1. The summed E-state index contributed by atoms with van der Waals surface area (Å²) >= 11 is 0. The average molecular weight is 529 g/mol. The van der Waals surface area contributed by atoms with E-state index >= 15 is 0 Å². The van der Waals surface area contributed by atoms with Crippen molar-refractivity contribution >= 4 is 11.9 Å². The minimum atomic E-state index is -5.08. The topological polar surface area (TPSA) is 117 Å². The molecule has 1 fully saturated rings.